The zero-order valence-corrected chi connectivity index (χ0v) is 15.9. The Morgan fingerprint density at radius 1 is 1.07 bits per heavy atom. The number of nitro benzene ring substituents is 1. The number of pyridine rings is 1. The fourth-order valence-electron chi connectivity index (χ4n) is 2.61. The predicted octanol–water partition coefficient (Wildman–Crippen LogP) is 3.98. The van der Waals surface area contributed by atoms with Gasteiger partial charge in [0, 0.05) is 18.3 Å². The number of carbonyl (C=O) groups excluding carboxylic acids is 2. The highest BCUT2D eigenvalue weighted by molar-refractivity contribution is 5.90. The van der Waals surface area contributed by atoms with Gasteiger partial charge >= 0.3 is 12.1 Å². The van der Waals surface area contributed by atoms with Gasteiger partial charge in [0.05, 0.1) is 36.0 Å². The van der Waals surface area contributed by atoms with E-state index in [4.69, 9.17) is 4.74 Å². The minimum Gasteiger partial charge on any atom is -0.465 e. The molecule has 9 nitrogen and oxygen atoms in total. The van der Waals surface area contributed by atoms with Crippen molar-refractivity contribution in [2.75, 3.05) is 12.0 Å². The molecular weight excluding hydrogens is 390 g/mol. The Morgan fingerprint density at radius 3 is 2.33 bits per heavy atom. The van der Waals surface area contributed by atoms with Crippen LogP contribution in [0.15, 0.2) is 73.1 Å². The number of aromatic nitrogens is 1. The molecule has 3 rings (SSSR count). The number of amides is 1. The number of anilines is 1. The molecule has 3 aromatic rings. The highest BCUT2D eigenvalue weighted by Gasteiger charge is 2.20. The maximum atomic E-state index is 12.8. The van der Waals surface area contributed by atoms with Gasteiger partial charge in [-0.25, -0.2) is 9.59 Å². The topological polar surface area (TPSA) is 112 Å². The predicted molar refractivity (Wildman–Crippen MR) is 107 cm³/mol. The number of methoxy groups -OCH3 is 1. The summed E-state index contributed by atoms with van der Waals surface area (Å²) in [6, 6.07) is 15.2. The lowest BCUT2D eigenvalue weighted by molar-refractivity contribution is -0.384. The fourth-order valence-corrected chi connectivity index (χ4v) is 2.61. The molecule has 30 heavy (non-hydrogen) atoms. The van der Waals surface area contributed by atoms with Gasteiger partial charge in [-0.15, -0.1) is 0 Å². The molecule has 2 aromatic carbocycles. The van der Waals surface area contributed by atoms with Crippen molar-refractivity contribution in [3.63, 3.8) is 0 Å². The van der Waals surface area contributed by atoms with E-state index in [1.165, 1.54) is 42.5 Å². The number of non-ortho nitro benzene ring substituents is 1. The number of hydrogen-bond acceptors (Lipinski definition) is 7. The molecule has 1 aromatic heterocycles. The summed E-state index contributed by atoms with van der Waals surface area (Å²) >= 11 is 0. The third-order valence-corrected chi connectivity index (χ3v) is 4.15. The largest absolute Gasteiger partial charge is 0.465 e. The van der Waals surface area contributed by atoms with Crippen molar-refractivity contribution in [3.8, 4) is 5.75 Å². The lowest BCUT2D eigenvalue weighted by atomic mass is 10.1. The summed E-state index contributed by atoms with van der Waals surface area (Å²) in [7, 11) is 1.30. The molecule has 0 unspecified atom stereocenters. The lowest BCUT2D eigenvalue weighted by Crippen LogP contribution is -2.33. The van der Waals surface area contributed by atoms with Crippen LogP contribution in [-0.4, -0.2) is 29.1 Å². The van der Waals surface area contributed by atoms with Crippen molar-refractivity contribution in [3.05, 3.63) is 94.3 Å². The maximum absolute atomic E-state index is 12.8. The molecule has 152 valence electrons. The van der Waals surface area contributed by atoms with Crippen molar-refractivity contribution < 1.29 is 24.0 Å². The zero-order chi connectivity index (χ0) is 21.5. The van der Waals surface area contributed by atoms with Crippen molar-refractivity contribution in [1.29, 1.82) is 0 Å². The zero-order valence-electron chi connectivity index (χ0n) is 15.9. The minimum absolute atomic E-state index is 0.107. The first-order valence-corrected chi connectivity index (χ1v) is 8.79. The van der Waals surface area contributed by atoms with Gasteiger partial charge in [-0.1, -0.05) is 12.1 Å². The molecule has 9 heteroatoms. The summed E-state index contributed by atoms with van der Waals surface area (Å²) in [6.07, 6.45) is 2.41. The van der Waals surface area contributed by atoms with Gasteiger partial charge in [-0.3, -0.25) is 20.0 Å². The number of nitrogens with zero attached hydrogens (tertiary/aromatic N) is 3. The van der Waals surface area contributed by atoms with Crippen LogP contribution in [-0.2, 0) is 11.3 Å². The Kier molecular flexibility index (Phi) is 6.33. The molecule has 0 atom stereocenters. The van der Waals surface area contributed by atoms with E-state index in [9.17, 15) is 19.7 Å². The van der Waals surface area contributed by atoms with Crippen LogP contribution in [0.3, 0.4) is 0 Å². The van der Waals surface area contributed by atoms with Gasteiger partial charge in [-0.05, 0) is 42.0 Å². The van der Waals surface area contributed by atoms with Crippen molar-refractivity contribution in [2.45, 2.75) is 6.54 Å². The Hall–Kier alpha value is -4.27. The van der Waals surface area contributed by atoms with E-state index < -0.39 is 17.0 Å². The number of esters is 1. The molecule has 0 aliphatic carbocycles. The standard InChI is InChI=1S/C21H17N3O6/c1-29-20(25)16-6-4-15(5-7-16)14-23(18-3-2-12-22-13-18)21(26)30-19-10-8-17(9-11-19)24(27)28/h2-13H,14H2,1H3. The molecule has 0 aliphatic rings. The molecule has 0 fully saturated rings. The van der Waals surface area contributed by atoms with E-state index in [1.54, 1.807) is 42.6 Å². The van der Waals surface area contributed by atoms with Crippen molar-refractivity contribution >= 4 is 23.4 Å². The van der Waals surface area contributed by atoms with E-state index in [1.807, 2.05) is 0 Å². The van der Waals surface area contributed by atoms with Crippen molar-refractivity contribution in [2.24, 2.45) is 0 Å². The molecule has 0 saturated heterocycles. The van der Waals surface area contributed by atoms with Gasteiger partial charge in [0.2, 0.25) is 0 Å². The number of hydrogen-bond donors (Lipinski definition) is 0. The molecule has 0 radical (unpaired) electrons. The smallest absolute Gasteiger partial charge is 0.420 e. The van der Waals surface area contributed by atoms with Crippen LogP contribution < -0.4 is 9.64 Å². The average Bonchev–Trinajstić information content (AvgIpc) is 2.78. The summed E-state index contributed by atoms with van der Waals surface area (Å²) in [5.74, 6) is -0.288. The quantitative estimate of drug-likeness (QED) is 0.345. The molecule has 0 bridgehead atoms. The highest BCUT2D eigenvalue weighted by atomic mass is 16.6. The highest BCUT2D eigenvalue weighted by Crippen LogP contribution is 2.21. The summed E-state index contributed by atoms with van der Waals surface area (Å²) < 4.78 is 10.1. The SMILES string of the molecule is COC(=O)c1ccc(CN(C(=O)Oc2ccc([N+](=O)[O-])cc2)c2cccnc2)cc1. The molecule has 0 spiro atoms. The van der Waals surface area contributed by atoms with Crippen LogP contribution in [0, 0.1) is 10.1 Å². The van der Waals surface area contributed by atoms with Crippen LogP contribution in [0.5, 0.6) is 5.75 Å². The van der Waals surface area contributed by atoms with E-state index >= 15 is 0 Å². The normalized spacial score (nSPS) is 10.2. The van der Waals surface area contributed by atoms with Crippen LogP contribution >= 0.6 is 0 Å². The Morgan fingerprint density at radius 2 is 1.77 bits per heavy atom. The van der Waals surface area contributed by atoms with Gasteiger partial charge < -0.3 is 9.47 Å². The molecule has 0 aliphatic heterocycles. The van der Waals surface area contributed by atoms with Gasteiger partial charge in [0.1, 0.15) is 5.75 Å². The molecule has 1 amide bonds. The van der Waals surface area contributed by atoms with Gasteiger partial charge in [0.15, 0.2) is 0 Å². The van der Waals surface area contributed by atoms with E-state index in [0.29, 0.717) is 11.3 Å². The second-order valence-corrected chi connectivity index (χ2v) is 6.10. The third-order valence-electron chi connectivity index (χ3n) is 4.15. The second kappa shape index (κ2) is 9.28. The van der Waals surface area contributed by atoms with Crippen LogP contribution in [0.25, 0.3) is 0 Å². The number of nitro groups is 1. The van der Waals surface area contributed by atoms with Crippen molar-refractivity contribution in [1.82, 2.24) is 4.98 Å². The number of carbonyl (C=O) groups is 2. The summed E-state index contributed by atoms with van der Waals surface area (Å²) in [4.78, 5) is 40.0. The van der Waals surface area contributed by atoms with Gasteiger partial charge in [-0.2, -0.15) is 0 Å². The Balaban J connectivity index is 1.81. The first kappa shape index (κ1) is 20.5. The monoisotopic (exact) mass is 407 g/mol. The molecule has 1 heterocycles. The molecule has 0 N–H and O–H groups in total. The summed E-state index contributed by atoms with van der Waals surface area (Å²) in [5, 5.41) is 10.8. The molecule has 0 saturated carbocycles. The third kappa shape index (κ3) is 4.96. The second-order valence-electron chi connectivity index (χ2n) is 6.10. The van der Waals surface area contributed by atoms with E-state index in [-0.39, 0.29) is 18.0 Å². The Bertz CT molecular complexity index is 1040. The number of ether oxygens (including phenoxy) is 2. The maximum Gasteiger partial charge on any atom is 0.420 e. The lowest BCUT2D eigenvalue weighted by Gasteiger charge is -2.22. The van der Waals surface area contributed by atoms with Crippen LogP contribution in [0.2, 0.25) is 0 Å². The summed E-state index contributed by atoms with van der Waals surface area (Å²) in [6.45, 7) is 0.152. The average molecular weight is 407 g/mol. The molecular formula is C21H17N3O6. The number of rotatable bonds is 6. The fraction of sp³-hybridized carbons (Fsp3) is 0.0952. The van der Waals surface area contributed by atoms with Crippen LogP contribution in [0.1, 0.15) is 15.9 Å². The minimum atomic E-state index is -0.686. The first-order valence-electron chi connectivity index (χ1n) is 8.79. The van der Waals surface area contributed by atoms with Crippen LogP contribution in [0.4, 0.5) is 16.2 Å². The first-order chi connectivity index (χ1) is 14.5. The Labute approximate surface area is 171 Å². The van der Waals surface area contributed by atoms with E-state index in [2.05, 4.69) is 9.72 Å². The van der Waals surface area contributed by atoms with Gasteiger partial charge in [0.25, 0.3) is 5.69 Å². The number of benzene rings is 2. The summed E-state index contributed by atoms with van der Waals surface area (Å²) in [5.41, 5.74) is 1.53. The van der Waals surface area contributed by atoms with E-state index in [0.717, 1.165) is 5.56 Å².